The summed E-state index contributed by atoms with van der Waals surface area (Å²) >= 11 is 4.62. The van der Waals surface area contributed by atoms with Crippen LogP contribution in [0.2, 0.25) is 0 Å². The van der Waals surface area contributed by atoms with E-state index < -0.39 is 0 Å². The van der Waals surface area contributed by atoms with E-state index in [0.717, 1.165) is 0 Å². The van der Waals surface area contributed by atoms with Crippen LogP contribution in [0.5, 0.6) is 0 Å². The molecule has 0 aliphatic rings. The molecule has 0 spiro atoms. The van der Waals surface area contributed by atoms with E-state index >= 15 is 0 Å². The van der Waals surface area contributed by atoms with E-state index in [1.807, 2.05) is 0 Å². The Balaban J connectivity index is 2.54. The summed E-state index contributed by atoms with van der Waals surface area (Å²) in [6.07, 6.45) is 1.20. The third kappa shape index (κ3) is 5.46. The molecule has 0 atom stereocenters. The summed E-state index contributed by atoms with van der Waals surface area (Å²) in [5, 5.41) is 0. The molecule has 0 heterocycles. The van der Waals surface area contributed by atoms with Crippen molar-refractivity contribution in [2.75, 3.05) is 0 Å². The highest BCUT2D eigenvalue weighted by Crippen LogP contribution is 2.22. The summed E-state index contributed by atoms with van der Waals surface area (Å²) in [5.41, 5.74) is 0. The topological polar surface area (TPSA) is 0 Å². The van der Waals surface area contributed by atoms with Gasteiger partial charge in [0, 0.05) is 0 Å². The zero-order valence-corrected chi connectivity index (χ0v) is 7.28. The van der Waals surface area contributed by atoms with Crippen molar-refractivity contribution < 1.29 is 0 Å². The minimum Gasteiger partial charge on any atom is -0.0649 e. The molecular formula is C3H5I2. The Morgan fingerprint density at radius 2 is 1.80 bits per heavy atom. The fourth-order valence-corrected chi connectivity index (χ4v) is 0. The largest absolute Gasteiger partial charge is 0.0966 e. The molecule has 0 aromatic rings. The number of rotatable bonds is 1. The Bertz CT molecular complexity index is 18.9. The van der Waals surface area contributed by atoms with Gasteiger partial charge >= 0.3 is 0 Å². The lowest BCUT2D eigenvalue weighted by Gasteiger charge is -1.84. The third-order valence-corrected chi connectivity index (χ3v) is 1.79. The lowest BCUT2D eigenvalue weighted by atomic mass is 10.6. The maximum Gasteiger partial charge on any atom is 0.0966 e. The molecule has 0 nitrogen and oxygen atoms in total. The van der Waals surface area contributed by atoms with Crippen molar-refractivity contribution in [3.05, 3.63) is 1.93 Å². The summed E-state index contributed by atoms with van der Waals surface area (Å²) < 4.78 is 1.44. The van der Waals surface area contributed by atoms with Crippen molar-refractivity contribution in [3.63, 3.8) is 0 Å². The second kappa shape index (κ2) is 3.64. The first kappa shape index (κ1) is 6.46. The van der Waals surface area contributed by atoms with Gasteiger partial charge in [-0.1, -0.05) is 52.1 Å². The molecule has 0 amide bonds. The molecule has 2 heteroatoms. The van der Waals surface area contributed by atoms with Crippen LogP contribution >= 0.6 is 45.2 Å². The van der Waals surface area contributed by atoms with Crippen molar-refractivity contribution in [1.29, 1.82) is 0 Å². The molecule has 0 aliphatic heterocycles. The van der Waals surface area contributed by atoms with Gasteiger partial charge in [0.05, 0.1) is 1.93 Å². The normalized spacial score (nSPS) is 9.60. The molecule has 5 heavy (non-hydrogen) atoms. The maximum atomic E-state index is 2.31. The van der Waals surface area contributed by atoms with Gasteiger partial charge in [0.2, 0.25) is 0 Å². The maximum absolute atomic E-state index is 2.31. The monoisotopic (exact) mass is 295 g/mol. The summed E-state index contributed by atoms with van der Waals surface area (Å²) in [6.45, 7) is 2.15. The molecule has 31 valence electrons. The summed E-state index contributed by atoms with van der Waals surface area (Å²) in [4.78, 5) is 0. The Morgan fingerprint density at radius 3 is 1.80 bits per heavy atom. The number of hydrogen-bond acceptors (Lipinski definition) is 0. The van der Waals surface area contributed by atoms with E-state index in [0.29, 0.717) is 0 Å². The van der Waals surface area contributed by atoms with Crippen LogP contribution in [0.4, 0.5) is 0 Å². The predicted molar refractivity (Wildman–Crippen MR) is 41.6 cm³/mol. The molecule has 0 unspecified atom stereocenters. The van der Waals surface area contributed by atoms with Crippen LogP contribution in [0.25, 0.3) is 0 Å². The third-order valence-electron chi connectivity index (χ3n) is 0.267. The van der Waals surface area contributed by atoms with Gasteiger partial charge in [0.25, 0.3) is 0 Å². The van der Waals surface area contributed by atoms with E-state index in [9.17, 15) is 0 Å². The van der Waals surface area contributed by atoms with Crippen molar-refractivity contribution in [2.24, 2.45) is 0 Å². The fraction of sp³-hybridized carbons (Fsp3) is 0.667. The van der Waals surface area contributed by atoms with E-state index in [1.165, 1.54) is 8.35 Å². The van der Waals surface area contributed by atoms with E-state index in [-0.39, 0.29) is 0 Å². The second-order valence-electron chi connectivity index (χ2n) is 0.692. The van der Waals surface area contributed by atoms with Crippen molar-refractivity contribution in [2.45, 2.75) is 13.3 Å². The van der Waals surface area contributed by atoms with Crippen LogP contribution in [0.3, 0.4) is 0 Å². The highest BCUT2D eigenvalue weighted by molar-refractivity contribution is 14.2. The van der Waals surface area contributed by atoms with Crippen LogP contribution in [0, 0.1) is 1.93 Å². The van der Waals surface area contributed by atoms with Crippen LogP contribution < -0.4 is 0 Å². The zero-order valence-electron chi connectivity index (χ0n) is 2.96. The molecule has 0 saturated carbocycles. The molecule has 0 fully saturated rings. The van der Waals surface area contributed by atoms with Gasteiger partial charge in [-0.3, -0.25) is 0 Å². The van der Waals surface area contributed by atoms with Gasteiger partial charge in [0.15, 0.2) is 0 Å². The van der Waals surface area contributed by atoms with Crippen molar-refractivity contribution >= 4 is 45.2 Å². The quantitative estimate of drug-likeness (QED) is 0.653. The lowest BCUT2D eigenvalue weighted by molar-refractivity contribution is 1.20. The van der Waals surface area contributed by atoms with Crippen LogP contribution in [-0.4, -0.2) is 0 Å². The minimum absolute atomic E-state index is 1.20. The average Bonchev–Trinajstić information content (AvgIpc) is 1.38. The first-order valence-corrected chi connectivity index (χ1v) is 3.60. The lowest BCUT2D eigenvalue weighted by Crippen LogP contribution is -1.59. The Hall–Kier alpha value is 1.46. The highest BCUT2D eigenvalue weighted by Gasteiger charge is 1.86. The first-order chi connectivity index (χ1) is 2.27. The SMILES string of the molecule is CC[C](I)I. The van der Waals surface area contributed by atoms with Gasteiger partial charge in [-0.25, -0.2) is 0 Å². The van der Waals surface area contributed by atoms with Gasteiger partial charge in [-0.15, -0.1) is 0 Å². The van der Waals surface area contributed by atoms with Crippen molar-refractivity contribution in [1.82, 2.24) is 0 Å². The molecule has 0 saturated heterocycles. The smallest absolute Gasteiger partial charge is 0.0649 e. The summed E-state index contributed by atoms with van der Waals surface area (Å²) in [5.74, 6) is 0. The van der Waals surface area contributed by atoms with Gasteiger partial charge < -0.3 is 0 Å². The van der Waals surface area contributed by atoms with Gasteiger partial charge in [-0.05, 0) is 6.42 Å². The Morgan fingerprint density at radius 1 is 1.60 bits per heavy atom. The fourth-order valence-electron chi connectivity index (χ4n) is 0. The average molecular weight is 295 g/mol. The molecule has 0 N–H and O–H groups in total. The summed E-state index contributed by atoms with van der Waals surface area (Å²) in [6, 6.07) is 0. The van der Waals surface area contributed by atoms with Gasteiger partial charge in [-0.2, -0.15) is 0 Å². The first-order valence-electron chi connectivity index (χ1n) is 1.44. The molecule has 0 rings (SSSR count). The highest BCUT2D eigenvalue weighted by atomic mass is 127. The Kier molecular flexibility index (Phi) is 4.71. The second-order valence-corrected chi connectivity index (χ2v) is 5.36. The van der Waals surface area contributed by atoms with E-state index in [1.54, 1.807) is 0 Å². The number of hydrogen-bond donors (Lipinski definition) is 0. The standard InChI is InChI=1S/C3H5I2/c1-2-3(4)5/h2H2,1H3. The van der Waals surface area contributed by atoms with Crippen LogP contribution in [-0.2, 0) is 0 Å². The minimum atomic E-state index is 1.20. The molecule has 0 aliphatic carbocycles. The summed E-state index contributed by atoms with van der Waals surface area (Å²) in [7, 11) is 0. The molecule has 0 bridgehead atoms. The molecule has 1 radical (unpaired) electrons. The Labute approximate surface area is 60.0 Å². The molecule has 0 aromatic carbocycles. The van der Waals surface area contributed by atoms with E-state index in [4.69, 9.17) is 0 Å². The van der Waals surface area contributed by atoms with Crippen LogP contribution in [0.1, 0.15) is 13.3 Å². The molecular weight excluding hydrogens is 290 g/mol. The molecule has 0 aromatic heterocycles. The van der Waals surface area contributed by atoms with Crippen molar-refractivity contribution in [3.8, 4) is 0 Å². The predicted octanol–water partition coefficient (Wildman–Crippen LogP) is 2.76. The zero-order chi connectivity index (χ0) is 4.28. The van der Waals surface area contributed by atoms with Crippen LogP contribution in [0.15, 0.2) is 0 Å². The number of halogens is 2. The van der Waals surface area contributed by atoms with Gasteiger partial charge in [0.1, 0.15) is 0 Å². The van der Waals surface area contributed by atoms with E-state index in [2.05, 4.69) is 52.1 Å².